The van der Waals surface area contributed by atoms with Gasteiger partial charge in [0.15, 0.2) is 11.6 Å². The number of nitrogens with one attached hydrogen (secondary N) is 1. The third-order valence-corrected chi connectivity index (χ3v) is 4.01. The van der Waals surface area contributed by atoms with E-state index in [0.29, 0.717) is 25.3 Å². The normalized spacial score (nSPS) is 15.7. The lowest BCUT2D eigenvalue weighted by atomic mass is 10.1. The SMILES string of the molecule is COc1ccc(CN2CCN(C(=O)c3ccn[nH]3)CC2)cc1F. The first kappa shape index (κ1) is 15.5. The van der Waals surface area contributed by atoms with Crippen LogP contribution in [0.4, 0.5) is 4.39 Å². The number of rotatable bonds is 4. The van der Waals surface area contributed by atoms with Crippen LogP contribution in [-0.2, 0) is 6.54 Å². The van der Waals surface area contributed by atoms with E-state index < -0.39 is 0 Å². The quantitative estimate of drug-likeness (QED) is 0.928. The predicted octanol–water partition coefficient (Wildman–Crippen LogP) is 1.52. The highest BCUT2D eigenvalue weighted by Gasteiger charge is 2.23. The Morgan fingerprint density at radius 2 is 2.09 bits per heavy atom. The van der Waals surface area contributed by atoms with Crippen LogP contribution < -0.4 is 4.74 Å². The lowest BCUT2D eigenvalue weighted by molar-refractivity contribution is 0.0622. The number of ether oxygens (including phenoxy) is 1. The molecule has 2 heterocycles. The van der Waals surface area contributed by atoms with Crippen LogP contribution in [0, 0.1) is 5.82 Å². The minimum atomic E-state index is -0.349. The molecule has 1 aliphatic rings. The molecule has 1 amide bonds. The fourth-order valence-corrected chi connectivity index (χ4v) is 2.72. The fraction of sp³-hybridized carbons (Fsp3) is 0.375. The first-order chi connectivity index (χ1) is 11.2. The summed E-state index contributed by atoms with van der Waals surface area (Å²) in [4.78, 5) is 16.2. The Balaban J connectivity index is 1.55. The van der Waals surface area contributed by atoms with Gasteiger partial charge in [-0.25, -0.2) is 4.39 Å². The van der Waals surface area contributed by atoms with E-state index in [-0.39, 0.29) is 17.5 Å². The standard InChI is InChI=1S/C16H19FN4O2/c1-23-15-3-2-12(10-13(15)17)11-20-6-8-21(9-7-20)16(22)14-4-5-18-19-14/h2-5,10H,6-9,11H2,1H3,(H,18,19). The third kappa shape index (κ3) is 3.50. The van der Waals surface area contributed by atoms with E-state index in [0.717, 1.165) is 18.7 Å². The highest BCUT2D eigenvalue weighted by molar-refractivity contribution is 5.92. The van der Waals surface area contributed by atoms with Crippen molar-refractivity contribution in [3.05, 3.63) is 47.5 Å². The minimum Gasteiger partial charge on any atom is -0.494 e. The van der Waals surface area contributed by atoms with Crippen LogP contribution in [0.25, 0.3) is 0 Å². The molecular weight excluding hydrogens is 299 g/mol. The Hall–Kier alpha value is -2.41. The number of halogens is 1. The maximum Gasteiger partial charge on any atom is 0.271 e. The van der Waals surface area contributed by atoms with E-state index >= 15 is 0 Å². The molecule has 0 spiro atoms. The van der Waals surface area contributed by atoms with Gasteiger partial charge in [0.1, 0.15) is 5.69 Å². The van der Waals surface area contributed by atoms with Crippen molar-refractivity contribution < 1.29 is 13.9 Å². The smallest absolute Gasteiger partial charge is 0.271 e. The minimum absolute atomic E-state index is 0.0300. The molecule has 23 heavy (non-hydrogen) atoms. The topological polar surface area (TPSA) is 61.5 Å². The summed E-state index contributed by atoms with van der Waals surface area (Å²) in [5.41, 5.74) is 1.41. The van der Waals surface area contributed by atoms with Gasteiger partial charge in [0.2, 0.25) is 0 Å². The van der Waals surface area contributed by atoms with Gasteiger partial charge in [0.25, 0.3) is 5.91 Å². The molecule has 1 fully saturated rings. The van der Waals surface area contributed by atoms with E-state index in [4.69, 9.17) is 4.74 Å². The Bertz CT molecular complexity index is 667. The van der Waals surface area contributed by atoms with Crippen LogP contribution >= 0.6 is 0 Å². The molecule has 1 saturated heterocycles. The van der Waals surface area contributed by atoms with Crippen molar-refractivity contribution in [2.45, 2.75) is 6.54 Å². The van der Waals surface area contributed by atoms with Crippen molar-refractivity contribution in [1.29, 1.82) is 0 Å². The molecule has 6 nitrogen and oxygen atoms in total. The molecule has 1 aliphatic heterocycles. The molecular formula is C16H19FN4O2. The second-order valence-corrected chi connectivity index (χ2v) is 5.51. The second-order valence-electron chi connectivity index (χ2n) is 5.51. The molecule has 7 heteroatoms. The molecule has 0 unspecified atom stereocenters. The zero-order valence-electron chi connectivity index (χ0n) is 13.0. The number of carbonyl (C=O) groups excluding carboxylic acids is 1. The van der Waals surface area contributed by atoms with Gasteiger partial charge in [-0.15, -0.1) is 0 Å². The van der Waals surface area contributed by atoms with Crippen LogP contribution in [0.15, 0.2) is 30.5 Å². The van der Waals surface area contributed by atoms with E-state index in [2.05, 4.69) is 15.1 Å². The average molecular weight is 318 g/mol. The number of carbonyl (C=O) groups is 1. The van der Waals surface area contributed by atoms with Crippen LogP contribution in [-0.4, -0.2) is 59.2 Å². The highest BCUT2D eigenvalue weighted by Crippen LogP contribution is 2.19. The van der Waals surface area contributed by atoms with Gasteiger partial charge in [0, 0.05) is 38.9 Å². The molecule has 3 rings (SSSR count). The zero-order chi connectivity index (χ0) is 16.2. The molecule has 1 aromatic heterocycles. The lowest BCUT2D eigenvalue weighted by Gasteiger charge is -2.34. The summed E-state index contributed by atoms with van der Waals surface area (Å²) >= 11 is 0. The number of nitrogens with zero attached hydrogens (tertiary/aromatic N) is 3. The summed E-state index contributed by atoms with van der Waals surface area (Å²) in [6, 6.07) is 6.68. The summed E-state index contributed by atoms with van der Waals surface area (Å²) in [5, 5.41) is 6.50. The Kier molecular flexibility index (Phi) is 4.57. The molecule has 1 N–H and O–H groups in total. The Morgan fingerprint density at radius 1 is 1.30 bits per heavy atom. The van der Waals surface area contributed by atoms with Crippen LogP contribution in [0.5, 0.6) is 5.75 Å². The number of hydrogen-bond donors (Lipinski definition) is 1. The number of methoxy groups -OCH3 is 1. The molecule has 0 aliphatic carbocycles. The maximum absolute atomic E-state index is 13.7. The first-order valence-corrected chi connectivity index (χ1v) is 7.51. The summed E-state index contributed by atoms with van der Waals surface area (Å²) in [6.45, 7) is 3.47. The summed E-state index contributed by atoms with van der Waals surface area (Å²) < 4.78 is 18.6. The van der Waals surface area contributed by atoms with E-state index in [1.54, 1.807) is 23.2 Å². The van der Waals surface area contributed by atoms with Gasteiger partial charge in [-0.2, -0.15) is 5.10 Å². The molecule has 0 atom stereocenters. The number of hydrogen-bond acceptors (Lipinski definition) is 4. The first-order valence-electron chi connectivity index (χ1n) is 7.51. The van der Waals surface area contributed by atoms with Crippen molar-refractivity contribution in [2.24, 2.45) is 0 Å². The fourth-order valence-electron chi connectivity index (χ4n) is 2.72. The lowest BCUT2D eigenvalue weighted by Crippen LogP contribution is -2.48. The summed E-state index contributed by atoms with van der Waals surface area (Å²) in [5.74, 6) is -0.126. The zero-order valence-corrected chi connectivity index (χ0v) is 13.0. The van der Waals surface area contributed by atoms with Gasteiger partial charge in [-0.1, -0.05) is 6.07 Å². The third-order valence-electron chi connectivity index (χ3n) is 4.01. The highest BCUT2D eigenvalue weighted by atomic mass is 19.1. The molecule has 0 saturated carbocycles. The van der Waals surface area contributed by atoms with Gasteiger partial charge in [-0.05, 0) is 23.8 Å². The van der Waals surface area contributed by atoms with Gasteiger partial charge in [-0.3, -0.25) is 14.8 Å². The van der Waals surface area contributed by atoms with E-state index in [9.17, 15) is 9.18 Å². The predicted molar refractivity (Wildman–Crippen MR) is 82.7 cm³/mol. The van der Waals surface area contributed by atoms with E-state index in [1.807, 2.05) is 6.07 Å². The van der Waals surface area contributed by atoms with Gasteiger partial charge in [0.05, 0.1) is 7.11 Å². The monoisotopic (exact) mass is 318 g/mol. The van der Waals surface area contributed by atoms with Crippen molar-refractivity contribution >= 4 is 5.91 Å². The number of piperazine rings is 1. The number of aromatic nitrogens is 2. The molecule has 0 bridgehead atoms. The van der Waals surface area contributed by atoms with Crippen LogP contribution in [0.2, 0.25) is 0 Å². The Labute approximate surface area is 133 Å². The summed E-state index contributed by atoms with van der Waals surface area (Å²) in [6.07, 6.45) is 1.57. The number of amides is 1. The average Bonchev–Trinajstić information content (AvgIpc) is 3.09. The molecule has 2 aromatic rings. The largest absolute Gasteiger partial charge is 0.494 e. The maximum atomic E-state index is 13.7. The van der Waals surface area contributed by atoms with Crippen molar-refractivity contribution in [1.82, 2.24) is 20.0 Å². The van der Waals surface area contributed by atoms with Crippen molar-refractivity contribution in [3.63, 3.8) is 0 Å². The number of aromatic amines is 1. The van der Waals surface area contributed by atoms with E-state index in [1.165, 1.54) is 13.2 Å². The van der Waals surface area contributed by atoms with Crippen LogP contribution in [0.1, 0.15) is 16.1 Å². The molecule has 0 radical (unpaired) electrons. The summed E-state index contributed by atoms with van der Waals surface area (Å²) in [7, 11) is 1.45. The Morgan fingerprint density at radius 3 is 2.70 bits per heavy atom. The molecule has 122 valence electrons. The van der Waals surface area contributed by atoms with Crippen molar-refractivity contribution in [2.75, 3.05) is 33.3 Å². The number of H-pyrrole nitrogens is 1. The van der Waals surface area contributed by atoms with Crippen LogP contribution in [0.3, 0.4) is 0 Å². The van der Waals surface area contributed by atoms with Gasteiger partial charge < -0.3 is 9.64 Å². The van der Waals surface area contributed by atoms with Gasteiger partial charge >= 0.3 is 0 Å². The number of benzene rings is 1. The molecule has 1 aromatic carbocycles. The second kappa shape index (κ2) is 6.78. The van der Waals surface area contributed by atoms with Crippen molar-refractivity contribution in [3.8, 4) is 5.75 Å².